The van der Waals surface area contributed by atoms with Crippen molar-refractivity contribution in [1.82, 2.24) is 10.1 Å². The molecular formula is C17H16FN3O. The summed E-state index contributed by atoms with van der Waals surface area (Å²) in [5, 5.41) is 3.76. The van der Waals surface area contributed by atoms with Gasteiger partial charge in [0.25, 0.3) is 0 Å². The van der Waals surface area contributed by atoms with E-state index in [1.165, 1.54) is 6.07 Å². The lowest BCUT2D eigenvalue weighted by atomic mass is 9.97. The number of hydrogen-bond donors (Lipinski definition) is 1. The van der Waals surface area contributed by atoms with Crippen molar-refractivity contribution in [2.75, 3.05) is 0 Å². The number of hydrogen-bond acceptors (Lipinski definition) is 4. The van der Waals surface area contributed by atoms with Gasteiger partial charge in [0.2, 0.25) is 5.89 Å². The van der Waals surface area contributed by atoms with Crippen LogP contribution in [0.4, 0.5) is 4.39 Å². The highest BCUT2D eigenvalue weighted by Crippen LogP contribution is 2.28. The highest BCUT2D eigenvalue weighted by Gasteiger charge is 2.17. The Kier molecular flexibility index (Phi) is 3.98. The quantitative estimate of drug-likeness (QED) is 0.800. The van der Waals surface area contributed by atoms with Crippen LogP contribution in [0.15, 0.2) is 53.1 Å². The van der Waals surface area contributed by atoms with E-state index in [0.717, 1.165) is 11.1 Å². The van der Waals surface area contributed by atoms with Crippen molar-refractivity contribution in [2.24, 2.45) is 5.73 Å². The monoisotopic (exact) mass is 297 g/mol. The minimum absolute atomic E-state index is 0.188. The normalized spacial score (nSPS) is 12.3. The third-order valence-corrected chi connectivity index (χ3v) is 3.61. The second-order valence-corrected chi connectivity index (χ2v) is 5.08. The predicted octanol–water partition coefficient (Wildman–Crippen LogP) is 3.49. The van der Waals surface area contributed by atoms with Gasteiger partial charge >= 0.3 is 0 Å². The first-order chi connectivity index (χ1) is 10.7. The molecule has 2 aromatic carbocycles. The van der Waals surface area contributed by atoms with Crippen molar-refractivity contribution in [3.8, 4) is 11.1 Å². The largest absolute Gasteiger partial charge is 0.339 e. The standard InChI is InChI=1S/C17H16FN3O/c1-11(17-20-16(10-19)21-22-17)13-7-8-14(15(18)9-13)12-5-3-2-4-6-12/h2-9,11H,10,19H2,1H3. The van der Waals surface area contributed by atoms with E-state index in [-0.39, 0.29) is 18.3 Å². The SMILES string of the molecule is CC(c1ccc(-c2ccccc2)c(F)c1)c1nc(CN)no1. The Morgan fingerprint density at radius 3 is 2.59 bits per heavy atom. The van der Waals surface area contributed by atoms with Crippen LogP contribution >= 0.6 is 0 Å². The third-order valence-electron chi connectivity index (χ3n) is 3.61. The van der Waals surface area contributed by atoms with Gasteiger partial charge < -0.3 is 10.3 Å². The van der Waals surface area contributed by atoms with E-state index in [1.54, 1.807) is 6.07 Å². The van der Waals surface area contributed by atoms with Gasteiger partial charge in [-0.1, -0.05) is 47.6 Å². The number of aromatic nitrogens is 2. The zero-order valence-corrected chi connectivity index (χ0v) is 12.2. The summed E-state index contributed by atoms with van der Waals surface area (Å²) in [6.07, 6.45) is 0. The van der Waals surface area contributed by atoms with E-state index in [9.17, 15) is 4.39 Å². The Hall–Kier alpha value is -2.53. The van der Waals surface area contributed by atoms with Gasteiger partial charge in [-0.3, -0.25) is 0 Å². The second-order valence-electron chi connectivity index (χ2n) is 5.08. The molecular weight excluding hydrogens is 281 g/mol. The first-order valence-electron chi connectivity index (χ1n) is 7.06. The molecule has 1 heterocycles. The van der Waals surface area contributed by atoms with Gasteiger partial charge in [0.15, 0.2) is 5.82 Å². The van der Waals surface area contributed by atoms with E-state index < -0.39 is 0 Å². The zero-order chi connectivity index (χ0) is 15.5. The molecule has 0 amide bonds. The average molecular weight is 297 g/mol. The summed E-state index contributed by atoms with van der Waals surface area (Å²) in [6.45, 7) is 2.11. The van der Waals surface area contributed by atoms with Crippen molar-refractivity contribution in [3.05, 3.63) is 71.6 Å². The molecule has 22 heavy (non-hydrogen) atoms. The molecule has 0 spiro atoms. The maximum absolute atomic E-state index is 14.4. The summed E-state index contributed by atoms with van der Waals surface area (Å²) >= 11 is 0. The van der Waals surface area contributed by atoms with Crippen LogP contribution < -0.4 is 5.73 Å². The third kappa shape index (κ3) is 2.76. The van der Waals surface area contributed by atoms with E-state index in [4.69, 9.17) is 10.3 Å². The molecule has 1 unspecified atom stereocenters. The van der Waals surface area contributed by atoms with Crippen molar-refractivity contribution in [3.63, 3.8) is 0 Å². The molecule has 0 saturated heterocycles. The van der Waals surface area contributed by atoms with Crippen LogP contribution in [0, 0.1) is 5.82 Å². The Bertz CT molecular complexity index is 771. The smallest absolute Gasteiger partial charge is 0.233 e. The fourth-order valence-corrected chi connectivity index (χ4v) is 2.32. The molecule has 0 aliphatic carbocycles. The van der Waals surface area contributed by atoms with Crippen LogP contribution in [-0.4, -0.2) is 10.1 Å². The Labute approximate surface area is 127 Å². The molecule has 0 bridgehead atoms. The molecule has 4 nitrogen and oxygen atoms in total. The summed E-state index contributed by atoms with van der Waals surface area (Å²) in [5.41, 5.74) is 7.67. The lowest BCUT2D eigenvalue weighted by Gasteiger charge is -2.10. The summed E-state index contributed by atoms with van der Waals surface area (Å²) < 4.78 is 19.6. The first kappa shape index (κ1) is 14.4. The number of nitrogens with two attached hydrogens (primary N) is 1. The van der Waals surface area contributed by atoms with Crippen LogP contribution in [0.2, 0.25) is 0 Å². The minimum atomic E-state index is -0.269. The average Bonchev–Trinajstić information content (AvgIpc) is 3.04. The molecule has 1 aromatic heterocycles. The van der Waals surface area contributed by atoms with Crippen LogP contribution in [0.5, 0.6) is 0 Å². The second kappa shape index (κ2) is 6.07. The van der Waals surface area contributed by atoms with Crippen molar-refractivity contribution in [2.45, 2.75) is 19.4 Å². The lowest BCUT2D eigenvalue weighted by Crippen LogP contribution is -2.01. The molecule has 5 heteroatoms. The lowest BCUT2D eigenvalue weighted by molar-refractivity contribution is 0.365. The van der Waals surface area contributed by atoms with Gasteiger partial charge in [-0.15, -0.1) is 0 Å². The predicted molar refractivity (Wildman–Crippen MR) is 81.5 cm³/mol. The highest BCUT2D eigenvalue weighted by atomic mass is 19.1. The Balaban J connectivity index is 1.91. The molecule has 112 valence electrons. The molecule has 0 saturated carbocycles. The van der Waals surface area contributed by atoms with Gasteiger partial charge in [0, 0.05) is 5.56 Å². The molecule has 3 aromatic rings. The van der Waals surface area contributed by atoms with E-state index in [1.807, 2.05) is 43.3 Å². The molecule has 0 aliphatic rings. The van der Waals surface area contributed by atoms with Gasteiger partial charge in [-0.2, -0.15) is 4.98 Å². The summed E-state index contributed by atoms with van der Waals surface area (Å²) in [7, 11) is 0. The van der Waals surface area contributed by atoms with Gasteiger partial charge in [0.05, 0.1) is 12.5 Å². The maximum Gasteiger partial charge on any atom is 0.233 e. The van der Waals surface area contributed by atoms with Crippen LogP contribution in [0.25, 0.3) is 11.1 Å². The number of halogens is 1. The Morgan fingerprint density at radius 1 is 1.18 bits per heavy atom. The number of benzene rings is 2. The van der Waals surface area contributed by atoms with Crippen molar-refractivity contribution in [1.29, 1.82) is 0 Å². The molecule has 2 N–H and O–H groups in total. The van der Waals surface area contributed by atoms with Crippen molar-refractivity contribution < 1.29 is 8.91 Å². The summed E-state index contributed by atoms with van der Waals surface area (Å²) in [4.78, 5) is 4.19. The van der Waals surface area contributed by atoms with Crippen LogP contribution in [0.1, 0.15) is 30.1 Å². The van der Waals surface area contributed by atoms with E-state index >= 15 is 0 Å². The fraction of sp³-hybridized carbons (Fsp3) is 0.176. The molecule has 0 aliphatic heterocycles. The Morgan fingerprint density at radius 2 is 1.95 bits per heavy atom. The fourth-order valence-electron chi connectivity index (χ4n) is 2.32. The van der Waals surface area contributed by atoms with E-state index in [2.05, 4.69) is 10.1 Å². The summed E-state index contributed by atoms with van der Waals surface area (Å²) in [6, 6.07) is 14.6. The molecule has 3 rings (SSSR count). The number of nitrogens with zero attached hydrogens (tertiary/aromatic N) is 2. The van der Waals surface area contributed by atoms with Crippen LogP contribution in [0.3, 0.4) is 0 Å². The van der Waals surface area contributed by atoms with Gasteiger partial charge in [-0.05, 0) is 24.1 Å². The first-order valence-corrected chi connectivity index (χ1v) is 7.06. The topological polar surface area (TPSA) is 64.9 Å². The zero-order valence-electron chi connectivity index (χ0n) is 12.2. The maximum atomic E-state index is 14.4. The number of rotatable bonds is 4. The minimum Gasteiger partial charge on any atom is -0.339 e. The molecule has 0 fully saturated rings. The van der Waals surface area contributed by atoms with Gasteiger partial charge in [0.1, 0.15) is 5.82 Å². The van der Waals surface area contributed by atoms with E-state index in [0.29, 0.717) is 17.3 Å². The molecule has 0 radical (unpaired) electrons. The highest BCUT2D eigenvalue weighted by molar-refractivity contribution is 5.64. The van der Waals surface area contributed by atoms with Crippen molar-refractivity contribution >= 4 is 0 Å². The molecule has 1 atom stereocenters. The van der Waals surface area contributed by atoms with Gasteiger partial charge in [-0.25, -0.2) is 4.39 Å². The summed E-state index contributed by atoms with van der Waals surface area (Å²) in [5.74, 6) is 0.428. The van der Waals surface area contributed by atoms with Crippen LogP contribution in [-0.2, 0) is 6.54 Å².